The van der Waals surface area contributed by atoms with Crippen LogP contribution in [-0.2, 0) is 18.6 Å². The maximum Gasteiger partial charge on any atom is 0.121 e. The van der Waals surface area contributed by atoms with Gasteiger partial charge in [-0.3, -0.25) is 0 Å². The summed E-state index contributed by atoms with van der Waals surface area (Å²) in [4.78, 5) is 0. The molecule has 0 bridgehead atoms. The van der Waals surface area contributed by atoms with Crippen molar-refractivity contribution in [3.05, 3.63) is 64.2 Å². The number of phenolic OH excluding ortho intramolecular Hbond substituents is 1. The highest BCUT2D eigenvalue weighted by atomic mass is 35.5. The summed E-state index contributed by atoms with van der Waals surface area (Å²) in [6, 6.07) is 13.1. The van der Waals surface area contributed by atoms with Crippen molar-refractivity contribution >= 4 is 11.6 Å². The number of rotatable bonds is 4. The fourth-order valence-corrected chi connectivity index (χ4v) is 3.11. The van der Waals surface area contributed by atoms with Gasteiger partial charge < -0.3 is 15.5 Å². The zero-order valence-electron chi connectivity index (χ0n) is 11.6. The van der Waals surface area contributed by atoms with Gasteiger partial charge in [0.1, 0.15) is 11.4 Å². The molecule has 0 heterocycles. The molecule has 4 heteroatoms. The predicted molar refractivity (Wildman–Crippen MR) is 83.5 cm³/mol. The Bertz CT molecular complexity index is 659. The van der Waals surface area contributed by atoms with Crippen LogP contribution in [0, 0.1) is 0 Å². The van der Waals surface area contributed by atoms with Gasteiger partial charge in [0.2, 0.25) is 0 Å². The van der Waals surface area contributed by atoms with Crippen molar-refractivity contribution in [1.82, 2.24) is 5.32 Å². The number of hydrogen-bond acceptors (Lipinski definition) is 3. The molecule has 3 N–H and O–H groups in total. The maximum absolute atomic E-state index is 10.8. The molecular formula is C17H18ClNO2. The summed E-state index contributed by atoms with van der Waals surface area (Å²) in [5, 5.41) is 24.4. The summed E-state index contributed by atoms with van der Waals surface area (Å²) in [7, 11) is 0. The van der Waals surface area contributed by atoms with Gasteiger partial charge in [-0.25, -0.2) is 0 Å². The SMILES string of the molecule is Oc1cc(Cl)ccc1CNCC1(O)CCc2ccccc21. The van der Waals surface area contributed by atoms with Crippen LogP contribution in [0.25, 0.3) is 0 Å². The van der Waals surface area contributed by atoms with E-state index >= 15 is 0 Å². The normalized spacial score (nSPS) is 20.5. The summed E-state index contributed by atoms with van der Waals surface area (Å²) in [6.07, 6.45) is 1.63. The molecule has 1 unspecified atom stereocenters. The van der Waals surface area contributed by atoms with Crippen LogP contribution in [0.5, 0.6) is 5.75 Å². The highest BCUT2D eigenvalue weighted by molar-refractivity contribution is 6.30. The molecule has 0 saturated heterocycles. The monoisotopic (exact) mass is 303 g/mol. The third kappa shape index (κ3) is 2.91. The van der Waals surface area contributed by atoms with Gasteiger partial charge in [-0.15, -0.1) is 0 Å². The number of hydrogen-bond donors (Lipinski definition) is 3. The molecule has 0 aromatic heterocycles. The van der Waals surface area contributed by atoms with Gasteiger partial charge in [-0.1, -0.05) is 41.9 Å². The van der Waals surface area contributed by atoms with Crippen molar-refractivity contribution in [2.45, 2.75) is 25.0 Å². The van der Waals surface area contributed by atoms with Crippen LogP contribution in [0.15, 0.2) is 42.5 Å². The Morgan fingerprint density at radius 2 is 2.00 bits per heavy atom. The first kappa shape index (κ1) is 14.4. The zero-order chi connectivity index (χ0) is 14.9. The highest BCUT2D eigenvalue weighted by Crippen LogP contribution is 2.36. The number of aliphatic hydroxyl groups is 1. The zero-order valence-corrected chi connectivity index (χ0v) is 12.4. The Balaban J connectivity index is 1.66. The third-order valence-electron chi connectivity index (χ3n) is 4.11. The smallest absolute Gasteiger partial charge is 0.121 e. The standard InChI is InChI=1S/C17H18ClNO2/c18-14-6-5-13(16(20)9-14)10-19-11-17(21)8-7-12-3-1-2-4-15(12)17/h1-6,9,19-21H,7-8,10-11H2. The van der Waals surface area contributed by atoms with Crippen molar-refractivity contribution in [2.24, 2.45) is 0 Å². The lowest BCUT2D eigenvalue weighted by atomic mass is 9.96. The quantitative estimate of drug-likeness (QED) is 0.814. The average Bonchev–Trinajstić information content (AvgIpc) is 2.80. The van der Waals surface area contributed by atoms with Crippen LogP contribution >= 0.6 is 11.6 Å². The highest BCUT2D eigenvalue weighted by Gasteiger charge is 2.35. The largest absolute Gasteiger partial charge is 0.508 e. The summed E-state index contributed by atoms with van der Waals surface area (Å²) < 4.78 is 0. The van der Waals surface area contributed by atoms with Gasteiger partial charge in [0.05, 0.1) is 0 Å². The second kappa shape index (κ2) is 5.68. The molecule has 3 rings (SSSR count). The van der Waals surface area contributed by atoms with E-state index in [0.717, 1.165) is 24.0 Å². The van der Waals surface area contributed by atoms with E-state index in [1.165, 1.54) is 11.6 Å². The Morgan fingerprint density at radius 3 is 2.81 bits per heavy atom. The van der Waals surface area contributed by atoms with Crippen LogP contribution < -0.4 is 5.32 Å². The maximum atomic E-state index is 10.8. The lowest BCUT2D eigenvalue weighted by Crippen LogP contribution is -2.36. The fraction of sp³-hybridized carbons (Fsp3) is 0.294. The first-order valence-corrected chi connectivity index (χ1v) is 7.45. The van der Waals surface area contributed by atoms with Crippen molar-refractivity contribution in [3.63, 3.8) is 0 Å². The Hall–Kier alpha value is -1.55. The van der Waals surface area contributed by atoms with Crippen molar-refractivity contribution in [1.29, 1.82) is 0 Å². The number of phenols is 1. The van der Waals surface area contributed by atoms with Gasteiger partial charge in [0.25, 0.3) is 0 Å². The number of benzene rings is 2. The number of halogens is 1. The Kier molecular flexibility index (Phi) is 3.89. The molecule has 0 fully saturated rings. The summed E-state index contributed by atoms with van der Waals surface area (Å²) in [6.45, 7) is 0.958. The minimum Gasteiger partial charge on any atom is -0.508 e. The molecular weight excluding hydrogens is 286 g/mol. The minimum absolute atomic E-state index is 0.175. The van der Waals surface area contributed by atoms with E-state index in [2.05, 4.69) is 11.4 Å². The van der Waals surface area contributed by atoms with Gasteiger partial charge in [-0.2, -0.15) is 0 Å². The molecule has 1 aliphatic rings. The molecule has 0 amide bonds. The van der Waals surface area contributed by atoms with Crippen molar-refractivity contribution in [2.75, 3.05) is 6.54 Å². The van der Waals surface area contributed by atoms with Gasteiger partial charge in [0.15, 0.2) is 0 Å². The molecule has 110 valence electrons. The van der Waals surface area contributed by atoms with E-state index in [1.54, 1.807) is 12.1 Å². The molecule has 0 saturated carbocycles. The van der Waals surface area contributed by atoms with Crippen LogP contribution in [0.3, 0.4) is 0 Å². The average molecular weight is 304 g/mol. The number of fused-ring (bicyclic) bond motifs is 1. The summed E-state index contributed by atoms with van der Waals surface area (Å²) in [5.74, 6) is 0.175. The van der Waals surface area contributed by atoms with Crippen LogP contribution in [0.4, 0.5) is 0 Å². The summed E-state index contributed by atoms with van der Waals surface area (Å²) in [5.41, 5.74) is 2.18. The molecule has 0 aliphatic heterocycles. The minimum atomic E-state index is -0.821. The van der Waals surface area contributed by atoms with Crippen LogP contribution in [0.2, 0.25) is 5.02 Å². The lowest BCUT2D eigenvalue weighted by molar-refractivity contribution is 0.0384. The lowest BCUT2D eigenvalue weighted by Gasteiger charge is -2.24. The molecule has 0 spiro atoms. The number of aryl methyl sites for hydroxylation is 1. The van der Waals surface area contributed by atoms with Crippen molar-refractivity contribution < 1.29 is 10.2 Å². The first-order chi connectivity index (χ1) is 10.1. The summed E-state index contributed by atoms with van der Waals surface area (Å²) >= 11 is 5.81. The topological polar surface area (TPSA) is 52.5 Å². The van der Waals surface area contributed by atoms with E-state index in [1.807, 2.05) is 18.2 Å². The van der Waals surface area contributed by atoms with Gasteiger partial charge in [0, 0.05) is 23.7 Å². The van der Waals surface area contributed by atoms with Gasteiger partial charge in [-0.05, 0) is 36.1 Å². The molecule has 3 nitrogen and oxygen atoms in total. The number of aromatic hydroxyl groups is 1. The third-order valence-corrected chi connectivity index (χ3v) is 4.34. The van der Waals surface area contributed by atoms with E-state index in [4.69, 9.17) is 11.6 Å². The van der Waals surface area contributed by atoms with Gasteiger partial charge >= 0.3 is 0 Å². The Morgan fingerprint density at radius 1 is 1.19 bits per heavy atom. The molecule has 21 heavy (non-hydrogen) atoms. The second-order valence-corrected chi connectivity index (χ2v) is 6.00. The predicted octanol–water partition coefficient (Wildman–Crippen LogP) is 2.97. The van der Waals surface area contributed by atoms with Crippen molar-refractivity contribution in [3.8, 4) is 5.75 Å². The molecule has 2 aromatic carbocycles. The molecule has 1 atom stereocenters. The first-order valence-electron chi connectivity index (χ1n) is 7.07. The molecule has 2 aromatic rings. The van der Waals surface area contributed by atoms with E-state index in [9.17, 15) is 10.2 Å². The molecule has 1 aliphatic carbocycles. The van der Waals surface area contributed by atoms with E-state index < -0.39 is 5.60 Å². The fourth-order valence-electron chi connectivity index (χ4n) is 2.94. The molecule has 0 radical (unpaired) electrons. The second-order valence-electron chi connectivity index (χ2n) is 5.57. The Labute approximate surface area is 129 Å². The van der Waals surface area contributed by atoms with E-state index in [0.29, 0.717) is 18.1 Å². The van der Waals surface area contributed by atoms with E-state index in [-0.39, 0.29) is 5.75 Å². The number of nitrogens with one attached hydrogen (secondary N) is 1. The van der Waals surface area contributed by atoms with Crippen LogP contribution in [-0.4, -0.2) is 16.8 Å². The van der Waals surface area contributed by atoms with Crippen LogP contribution in [0.1, 0.15) is 23.1 Å².